The average molecular weight is 169 g/mol. The zero-order valence-electron chi connectivity index (χ0n) is 7.28. The molecule has 12 heavy (non-hydrogen) atoms. The Hall–Kier alpha value is -0.675. The maximum Gasteiger partial charge on any atom is 0.376 e. The monoisotopic (exact) mass is 169 g/mol. The molecule has 1 atom stereocenters. The number of hydrogen-bond donors (Lipinski definition) is 1. The van der Waals surface area contributed by atoms with E-state index in [0.29, 0.717) is 6.54 Å². The second-order valence-corrected chi connectivity index (χ2v) is 3.19. The summed E-state index contributed by atoms with van der Waals surface area (Å²) in [6.45, 7) is 3.57. The fraction of sp³-hybridized carbons (Fsp3) is 0.714. The van der Waals surface area contributed by atoms with Crippen molar-refractivity contribution < 1.29 is 14.6 Å². The first kappa shape index (κ1) is 9.41. The maximum atomic E-state index is 11.2. The van der Waals surface area contributed by atoms with Gasteiger partial charge in [-0.15, -0.1) is 0 Å². The van der Waals surface area contributed by atoms with Gasteiger partial charge in [0.25, 0.3) is 0 Å². The van der Waals surface area contributed by atoms with Crippen molar-refractivity contribution in [2.75, 3.05) is 13.1 Å². The van der Waals surface area contributed by atoms with Gasteiger partial charge in [-0.1, -0.05) is 0 Å². The summed E-state index contributed by atoms with van der Waals surface area (Å²) in [7, 11) is -0.640. The number of carbonyl (C=O) groups is 2. The molecule has 1 aliphatic rings. The first-order chi connectivity index (χ1) is 5.52. The lowest BCUT2D eigenvalue weighted by atomic mass is 9.86. The molecule has 1 N–H and O–H groups in total. The van der Waals surface area contributed by atoms with Gasteiger partial charge in [0.1, 0.15) is 5.78 Å². The van der Waals surface area contributed by atoms with E-state index in [9.17, 15) is 9.59 Å². The van der Waals surface area contributed by atoms with Crippen LogP contribution in [-0.4, -0.2) is 41.5 Å². The second-order valence-electron chi connectivity index (χ2n) is 3.19. The molecule has 66 valence electrons. The van der Waals surface area contributed by atoms with Crippen LogP contribution in [0.4, 0.5) is 0 Å². The van der Waals surface area contributed by atoms with Crippen molar-refractivity contribution in [1.29, 1.82) is 0 Å². The highest BCUT2D eigenvalue weighted by molar-refractivity contribution is 6.46. The average Bonchev–Trinajstić information content (AvgIpc) is 2.30. The minimum Gasteiger partial charge on any atom is -0.437 e. The first-order valence-corrected chi connectivity index (χ1v) is 3.97. The molecule has 1 saturated heterocycles. The molecule has 0 aromatic carbocycles. The van der Waals surface area contributed by atoms with E-state index in [2.05, 4.69) is 0 Å². The number of rotatable bonds is 2. The van der Waals surface area contributed by atoms with Crippen molar-refractivity contribution in [2.24, 2.45) is 5.92 Å². The Bertz CT molecular complexity index is 217. The summed E-state index contributed by atoms with van der Waals surface area (Å²) in [5.41, 5.74) is 0. The van der Waals surface area contributed by atoms with E-state index in [0.717, 1.165) is 0 Å². The number of carbonyl (C=O) groups excluding carboxylic acids is 2. The van der Waals surface area contributed by atoms with Gasteiger partial charge in [-0.05, 0) is 13.7 Å². The van der Waals surface area contributed by atoms with Crippen molar-refractivity contribution in [3.05, 3.63) is 0 Å². The molecule has 1 aliphatic heterocycles. The normalized spacial score (nSPS) is 24.6. The smallest absolute Gasteiger partial charge is 0.376 e. The molecule has 0 radical (unpaired) electrons. The molecule has 1 rings (SSSR count). The minimum atomic E-state index is -0.640. The quantitative estimate of drug-likeness (QED) is 0.433. The summed E-state index contributed by atoms with van der Waals surface area (Å²) in [4.78, 5) is 23.6. The number of Topliss-reactive ketones (excluding diaryl/α,β-unsaturated/α-hetero) is 2. The molecule has 4 nitrogen and oxygen atoms in total. The van der Waals surface area contributed by atoms with E-state index in [1.54, 1.807) is 11.6 Å². The van der Waals surface area contributed by atoms with Crippen LogP contribution in [0.15, 0.2) is 0 Å². The molecule has 1 heterocycles. The predicted octanol–water partition coefficient (Wildman–Crippen LogP) is -0.813. The number of nitrogens with zero attached hydrogens (tertiary/aromatic N) is 1. The van der Waals surface area contributed by atoms with Crippen molar-refractivity contribution >= 4 is 18.6 Å². The van der Waals surface area contributed by atoms with Gasteiger partial charge in [0.2, 0.25) is 0 Å². The highest BCUT2D eigenvalue weighted by atomic mass is 16.2. The summed E-state index contributed by atoms with van der Waals surface area (Å²) in [6, 6.07) is 0. The molecule has 0 bridgehead atoms. The first-order valence-electron chi connectivity index (χ1n) is 3.97. The standard InChI is InChI=1S/C7H12BNO3/c1-5(10)6-3-9(8(2)12)4-7(6)11/h6,12H,3-4H2,1-2H3. The highest BCUT2D eigenvalue weighted by Gasteiger charge is 2.36. The largest absolute Gasteiger partial charge is 0.437 e. The number of ketones is 2. The molecule has 0 amide bonds. The van der Waals surface area contributed by atoms with E-state index >= 15 is 0 Å². The van der Waals surface area contributed by atoms with Gasteiger partial charge in [0.15, 0.2) is 5.78 Å². The SMILES string of the molecule is CB(O)N1CC(=O)C(C(C)=O)C1. The predicted molar refractivity (Wildman–Crippen MR) is 44.6 cm³/mol. The van der Waals surface area contributed by atoms with Crippen molar-refractivity contribution in [2.45, 2.75) is 13.7 Å². The fourth-order valence-electron chi connectivity index (χ4n) is 1.35. The maximum absolute atomic E-state index is 11.2. The molecule has 0 aromatic rings. The summed E-state index contributed by atoms with van der Waals surface area (Å²) in [5, 5.41) is 9.13. The Kier molecular flexibility index (Phi) is 2.64. The van der Waals surface area contributed by atoms with Crippen LogP contribution in [0.25, 0.3) is 0 Å². The molecule has 0 saturated carbocycles. The van der Waals surface area contributed by atoms with E-state index in [4.69, 9.17) is 5.02 Å². The van der Waals surface area contributed by atoms with E-state index in [1.807, 2.05) is 0 Å². The third-order valence-electron chi connectivity index (χ3n) is 2.18. The Labute approximate surface area is 71.7 Å². The van der Waals surface area contributed by atoms with Crippen LogP contribution in [-0.2, 0) is 9.59 Å². The van der Waals surface area contributed by atoms with Crippen molar-refractivity contribution in [3.8, 4) is 0 Å². The Balaban J connectivity index is 2.62. The summed E-state index contributed by atoms with van der Waals surface area (Å²) < 4.78 is 0. The molecular formula is C7H12BNO3. The molecule has 1 unspecified atom stereocenters. The molecule has 1 fully saturated rings. The van der Waals surface area contributed by atoms with Gasteiger partial charge >= 0.3 is 7.05 Å². The minimum absolute atomic E-state index is 0.0802. The molecular weight excluding hydrogens is 157 g/mol. The molecule has 0 spiro atoms. The zero-order valence-corrected chi connectivity index (χ0v) is 7.28. The lowest BCUT2D eigenvalue weighted by Gasteiger charge is -2.13. The van der Waals surface area contributed by atoms with Gasteiger partial charge in [0.05, 0.1) is 5.92 Å². The van der Waals surface area contributed by atoms with Crippen LogP contribution in [0.5, 0.6) is 0 Å². The van der Waals surface area contributed by atoms with Crippen molar-refractivity contribution in [3.63, 3.8) is 0 Å². The van der Waals surface area contributed by atoms with E-state index in [-0.39, 0.29) is 18.1 Å². The summed E-state index contributed by atoms with van der Waals surface area (Å²) in [6.07, 6.45) is 0. The Morgan fingerprint density at radius 1 is 1.75 bits per heavy atom. The van der Waals surface area contributed by atoms with Crippen LogP contribution in [0.3, 0.4) is 0 Å². The molecule has 0 aromatic heterocycles. The van der Waals surface area contributed by atoms with Crippen LogP contribution >= 0.6 is 0 Å². The lowest BCUT2D eigenvalue weighted by molar-refractivity contribution is -0.128. The third kappa shape index (κ3) is 1.73. The molecule has 0 aliphatic carbocycles. The van der Waals surface area contributed by atoms with E-state index < -0.39 is 13.0 Å². The second kappa shape index (κ2) is 3.37. The van der Waals surface area contributed by atoms with Gasteiger partial charge in [-0.3, -0.25) is 9.59 Å². The fourth-order valence-corrected chi connectivity index (χ4v) is 1.35. The van der Waals surface area contributed by atoms with Crippen LogP contribution in [0.2, 0.25) is 6.82 Å². The lowest BCUT2D eigenvalue weighted by Crippen LogP contribution is -2.35. The summed E-state index contributed by atoms with van der Waals surface area (Å²) >= 11 is 0. The van der Waals surface area contributed by atoms with Crippen LogP contribution in [0.1, 0.15) is 6.92 Å². The molecule has 5 heteroatoms. The van der Waals surface area contributed by atoms with Crippen LogP contribution in [0, 0.1) is 5.92 Å². The van der Waals surface area contributed by atoms with Crippen molar-refractivity contribution in [1.82, 2.24) is 4.81 Å². The third-order valence-corrected chi connectivity index (χ3v) is 2.18. The zero-order chi connectivity index (χ0) is 9.30. The highest BCUT2D eigenvalue weighted by Crippen LogP contribution is 2.13. The Morgan fingerprint density at radius 2 is 2.33 bits per heavy atom. The topological polar surface area (TPSA) is 57.6 Å². The van der Waals surface area contributed by atoms with Gasteiger partial charge in [-0.25, -0.2) is 0 Å². The van der Waals surface area contributed by atoms with E-state index in [1.165, 1.54) is 6.92 Å². The Morgan fingerprint density at radius 3 is 2.58 bits per heavy atom. The summed E-state index contributed by atoms with van der Waals surface area (Å²) in [5.74, 6) is -0.703. The van der Waals surface area contributed by atoms with Gasteiger partial charge < -0.3 is 9.83 Å². The van der Waals surface area contributed by atoms with Crippen LogP contribution < -0.4 is 0 Å². The number of hydrogen-bond acceptors (Lipinski definition) is 4. The van der Waals surface area contributed by atoms with Gasteiger partial charge in [0, 0.05) is 13.1 Å². The van der Waals surface area contributed by atoms with Gasteiger partial charge in [-0.2, -0.15) is 0 Å².